The first kappa shape index (κ1) is 11.0. The molecule has 0 atom stereocenters. The summed E-state index contributed by atoms with van der Waals surface area (Å²) >= 11 is 5.53. The molecule has 0 radical (unpaired) electrons. The maximum absolute atomic E-state index is 12.4. The summed E-state index contributed by atoms with van der Waals surface area (Å²) in [7, 11) is 0. The van der Waals surface area contributed by atoms with Crippen LogP contribution in [0.25, 0.3) is 10.9 Å². The molecule has 1 N–H and O–H groups in total. The molecule has 1 heterocycles. The number of nitrogens with one attached hydrogen (secondary N) is 1. The minimum Gasteiger partial charge on any atom is -0.321 e. The highest BCUT2D eigenvalue weighted by Gasteiger charge is 2.30. The molecule has 0 saturated carbocycles. The van der Waals surface area contributed by atoms with Gasteiger partial charge in [0.05, 0.1) is 5.56 Å². The van der Waals surface area contributed by atoms with Crippen LogP contribution < -0.4 is 5.56 Å². The monoisotopic (exact) mass is 247 g/mol. The highest BCUT2D eigenvalue weighted by Crippen LogP contribution is 2.31. The topological polar surface area (TPSA) is 32.9 Å². The third-order valence-electron chi connectivity index (χ3n) is 2.13. The highest BCUT2D eigenvalue weighted by molar-refractivity contribution is 6.31. The van der Waals surface area contributed by atoms with Gasteiger partial charge in [-0.05, 0) is 24.3 Å². The van der Waals surface area contributed by atoms with E-state index in [1.165, 1.54) is 12.1 Å². The van der Waals surface area contributed by atoms with E-state index < -0.39 is 17.3 Å². The van der Waals surface area contributed by atoms with Gasteiger partial charge in [0.2, 0.25) is 0 Å². The number of halogens is 4. The summed E-state index contributed by atoms with van der Waals surface area (Å²) in [6.07, 6.45) is -4.41. The maximum Gasteiger partial charge on any atom is 0.416 e. The lowest BCUT2D eigenvalue weighted by molar-refractivity contribution is -0.137. The minimum absolute atomic E-state index is 0.133. The highest BCUT2D eigenvalue weighted by atomic mass is 35.5. The molecular formula is C10H5ClF3NO. The Morgan fingerprint density at radius 3 is 2.50 bits per heavy atom. The van der Waals surface area contributed by atoms with Crippen molar-refractivity contribution in [1.29, 1.82) is 0 Å². The Morgan fingerprint density at radius 1 is 1.19 bits per heavy atom. The Morgan fingerprint density at radius 2 is 1.88 bits per heavy atom. The SMILES string of the molecule is O=c1[nH]c2ccc(C(F)(F)F)cc2cc1Cl. The molecule has 0 amide bonds. The van der Waals surface area contributed by atoms with Crippen LogP contribution in [0, 0.1) is 0 Å². The van der Waals surface area contributed by atoms with Crippen LogP contribution in [0.1, 0.15) is 5.56 Å². The Kier molecular flexibility index (Phi) is 2.42. The largest absolute Gasteiger partial charge is 0.416 e. The number of aromatic nitrogens is 1. The standard InChI is InChI=1S/C10H5ClF3NO/c11-7-4-5-3-6(10(12,13)14)1-2-8(5)15-9(7)16/h1-4H,(H,15,16). The average Bonchev–Trinajstić information content (AvgIpc) is 2.17. The normalized spacial score (nSPS) is 12.0. The van der Waals surface area contributed by atoms with Crippen molar-refractivity contribution in [1.82, 2.24) is 4.98 Å². The summed E-state index contributed by atoms with van der Waals surface area (Å²) < 4.78 is 37.2. The molecule has 0 aliphatic heterocycles. The first-order valence-electron chi connectivity index (χ1n) is 4.28. The van der Waals surface area contributed by atoms with E-state index in [1.807, 2.05) is 0 Å². The number of aromatic amines is 1. The van der Waals surface area contributed by atoms with E-state index in [4.69, 9.17) is 11.6 Å². The van der Waals surface area contributed by atoms with Gasteiger partial charge in [0.1, 0.15) is 5.02 Å². The lowest BCUT2D eigenvalue weighted by Gasteiger charge is -2.07. The second-order valence-electron chi connectivity index (χ2n) is 3.25. The fourth-order valence-electron chi connectivity index (χ4n) is 1.36. The van der Waals surface area contributed by atoms with Crippen LogP contribution in [0.2, 0.25) is 5.02 Å². The molecule has 2 rings (SSSR count). The number of fused-ring (bicyclic) bond motifs is 1. The summed E-state index contributed by atoms with van der Waals surface area (Å²) in [6.45, 7) is 0. The lowest BCUT2D eigenvalue weighted by Crippen LogP contribution is -2.08. The quantitative estimate of drug-likeness (QED) is 0.762. The first-order chi connectivity index (χ1) is 7.38. The smallest absolute Gasteiger partial charge is 0.321 e. The maximum atomic E-state index is 12.4. The molecule has 1 aromatic carbocycles. The van der Waals surface area contributed by atoms with Gasteiger partial charge >= 0.3 is 6.18 Å². The molecule has 2 nitrogen and oxygen atoms in total. The van der Waals surface area contributed by atoms with Crippen molar-refractivity contribution in [2.75, 3.05) is 0 Å². The Balaban J connectivity index is 2.72. The third kappa shape index (κ3) is 1.90. The average molecular weight is 248 g/mol. The van der Waals surface area contributed by atoms with Crippen molar-refractivity contribution in [3.63, 3.8) is 0 Å². The molecule has 0 unspecified atom stereocenters. The van der Waals surface area contributed by atoms with Gasteiger partial charge in [-0.1, -0.05) is 11.6 Å². The molecule has 2 aromatic rings. The van der Waals surface area contributed by atoms with Gasteiger partial charge in [-0.3, -0.25) is 4.79 Å². The Bertz CT molecular complexity index is 603. The minimum atomic E-state index is -4.41. The van der Waals surface area contributed by atoms with Crippen molar-refractivity contribution in [2.24, 2.45) is 0 Å². The fraction of sp³-hybridized carbons (Fsp3) is 0.100. The summed E-state index contributed by atoms with van der Waals surface area (Å²) in [4.78, 5) is 13.5. The van der Waals surface area contributed by atoms with Crippen LogP contribution in [-0.4, -0.2) is 4.98 Å². The first-order valence-corrected chi connectivity index (χ1v) is 4.65. The zero-order valence-electron chi connectivity index (χ0n) is 7.73. The number of rotatable bonds is 0. The van der Waals surface area contributed by atoms with Gasteiger partial charge in [0, 0.05) is 10.9 Å². The van der Waals surface area contributed by atoms with Gasteiger partial charge < -0.3 is 4.98 Å². The molecule has 6 heteroatoms. The van der Waals surface area contributed by atoms with Gasteiger partial charge in [-0.15, -0.1) is 0 Å². The number of H-pyrrole nitrogens is 1. The van der Waals surface area contributed by atoms with Crippen LogP contribution in [-0.2, 0) is 6.18 Å². The molecule has 0 bridgehead atoms. The third-order valence-corrected chi connectivity index (χ3v) is 2.41. The number of alkyl halides is 3. The second-order valence-corrected chi connectivity index (χ2v) is 3.65. The van der Waals surface area contributed by atoms with Gasteiger partial charge in [-0.2, -0.15) is 13.2 Å². The lowest BCUT2D eigenvalue weighted by atomic mass is 10.1. The zero-order chi connectivity index (χ0) is 11.9. The van der Waals surface area contributed by atoms with E-state index in [-0.39, 0.29) is 10.4 Å². The van der Waals surface area contributed by atoms with Gasteiger partial charge in [-0.25, -0.2) is 0 Å². The number of pyridine rings is 1. The van der Waals surface area contributed by atoms with Crippen LogP contribution in [0.15, 0.2) is 29.1 Å². The van der Waals surface area contributed by atoms with E-state index in [9.17, 15) is 18.0 Å². The number of hydrogen-bond donors (Lipinski definition) is 1. The van der Waals surface area contributed by atoms with Crippen LogP contribution in [0.3, 0.4) is 0 Å². The van der Waals surface area contributed by atoms with Crippen molar-refractivity contribution in [2.45, 2.75) is 6.18 Å². The second kappa shape index (κ2) is 3.52. The molecule has 0 spiro atoms. The van der Waals surface area contributed by atoms with Crippen molar-refractivity contribution in [3.8, 4) is 0 Å². The Labute approximate surface area is 92.7 Å². The predicted molar refractivity (Wildman–Crippen MR) is 54.6 cm³/mol. The predicted octanol–water partition coefficient (Wildman–Crippen LogP) is 3.20. The van der Waals surface area contributed by atoms with Crippen molar-refractivity contribution < 1.29 is 13.2 Å². The summed E-state index contributed by atoms with van der Waals surface area (Å²) in [5.41, 5.74) is -0.973. The molecule has 0 aliphatic carbocycles. The fourth-order valence-corrected chi connectivity index (χ4v) is 1.52. The van der Waals surface area contributed by atoms with Crippen LogP contribution in [0.4, 0.5) is 13.2 Å². The molecule has 1 aromatic heterocycles. The molecule has 0 aliphatic rings. The van der Waals surface area contributed by atoms with Crippen LogP contribution in [0.5, 0.6) is 0 Å². The molecule has 16 heavy (non-hydrogen) atoms. The van der Waals surface area contributed by atoms with Gasteiger partial charge in [0.25, 0.3) is 5.56 Å². The van der Waals surface area contributed by atoms with E-state index in [0.717, 1.165) is 12.1 Å². The van der Waals surface area contributed by atoms with Crippen molar-refractivity contribution in [3.05, 3.63) is 45.2 Å². The molecule has 0 saturated heterocycles. The van der Waals surface area contributed by atoms with E-state index in [2.05, 4.69) is 4.98 Å². The summed E-state index contributed by atoms with van der Waals surface area (Å²) in [5, 5.41) is 0.117. The summed E-state index contributed by atoms with van der Waals surface area (Å²) in [6, 6.07) is 4.27. The molecular weight excluding hydrogens is 243 g/mol. The van der Waals surface area contributed by atoms with E-state index in [1.54, 1.807) is 0 Å². The number of benzene rings is 1. The van der Waals surface area contributed by atoms with Crippen molar-refractivity contribution >= 4 is 22.5 Å². The van der Waals surface area contributed by atoms with E-state index >= 15 is 0 Å². The van der Waals surface area contributed by atoms with E-state index in [0.29, 0.717) is 5.52 Å². The molecule has 84 valence electrons. The summed E-state index contributed by atoms with van der Waals surface area (Å²) in [5.74, 6) is 0. The van der Waals surface area contributed by atoms with Gasteiger partial charge in [0.15, 0.2) is 0 Å². The number of hydrogen-bond acceptors (Lipinski definition) is 1. The zero-order valence-corrected chi connectivity index (χ0v) is 8.49. The Hall–Kier alpha value is -1.49. The van der Waals surface area contributed by atoms with Crippen LogP contribution >= 0.6 is 11.6 Å². The molecule has 0 fully saturated rings.